The van der Waals surface area contributed by atoms with Crippen LogP contribution in [0.5, 0.6) is 0 Å². The molecule has 0 bridgehead atoms. The van der Waals surface area contributed by atoms with Crippen LogP contribution in [0.2, 0.25) is 5.02 Å². The van der Waals surface area contributed by atoms with Gasteiger partial charge in [0.05, 0.1) is 19.3 Å². The van der Waals surface area contributed by atoms with Crippen LogP contribution >= 0.6 is 35.6 Å². The number of benzene rings is 1. The Bertz CT molecular complexity index is 728. The average molecular weight is 551 g/mol. The lowest BCUT2D eigenvalue weighted by Gasteiger charge is -2.37. The van der Waals surface area contributed by atoms with Crippen LogP contribution in [0.1, 0.15) is 31.7 Å². The molecule has 2 aliphatic rings. The van der Waals surface area contributed by atoms with E-state index in [1.54, 1.807) is 0 Å². The number of carbonyl (C=O) groups excluding carboxylic acids is 1. The molecule has 2 fully saturated rings. The minimum absolute atomic E-state index is 0. The highest BCUT2D eigenvalue weighted by atomic mass is 127. The molecule has 0 saturated carbocycles. The largest absolute Gasteiger partial charge is 0.375 e. The molecule has 0 aliphatic carbocycles. The number of carbonyl (C=O) groups is 1. The van der Waals surface area contributed by atoms with Gasteiger partial charge in [0.15, 0.2) is 5.96 Å². The first-order chi connectivity index (χ1) is 14.1. The smallest absolute Gasteiger partial charge is 0.226 e. The molecule has 0 radical (unpaired) electrons. The topological polar surface area (TPSA) is 75.2 Å². The number of rotatable bonds is 6. The summed E-state index contributed by atoms with van der Waals surface area (Å²) < 4.78 is 11.7. The van der Waals surface area contributed by atoms with E-state index in [9.17, 15) is 4.79 Å². The van der Waals surface area contributed by atoms with Crippen molar-refractivity contribution in [2.24, 2.45) is 4.99 Å². The third kappa shape index (κ3) is 6.96. The predicted octanol–water partition coefficient (Wildman–Crippen LogP) is 3.44. The van der Waals surface area contributed by atoms with Gasteiger partial charge in [0.1, 0.15) is 6.10 Å². The van der Waals surface area contributed by atoms with Crippen LogP contribution in [0.25, 0.3) is 0 Å². The zero-order valence-electron chi connectivity index (χ0n) is 17.7. The first-order valence-corrected chi connectivity index (χ1v) is 10.8. The highest BCUT2D eigenvalue weighted by Crippen LogP contribution is 2.23. The first-order valence-electron chi connectivity index (χ1n) is 10.4. The van der Waals surface area contributed by atoms with E-state index < -0.39 is 0 Å². The second-order valence-electron chi connectivity index (χ2n) is 7.35. The second kappa shape index (κ2) is 12.7. The highest BCUT2D eigenvalue weighted by molar-refractivity contribution is 14.0. The highest BCUT2D eigenvalue weighted by Gasteiger charge is 2.32. The first kappa shape index (κ1) is 25.2. The molecule has 168 valence electrons. The lowest BCUT2D eigenvalue weighted by molar-refractivity contribution is -0.116. The third-order valence-corrected chi connectivity index (χ3v) is 5.66. The van der Waals surface area contributed by atoms with E-state index in [1.165, 1.54) is 0 Å². The summed E-state index contributed by atoms with van der Waals surface area (Å²) in [7, 11) is 0. The molecule has 3 rings (SSSR count). The molecule has 1 aromatic rings. The lowest BCUT2D eigenvalue weighted by Crippen LogP contribution is -2.53. The molecular weight excluding hydrogens is 519 g/mol. The van der Waals surface area contributed by atoms with Gasteiger partial charge in [-0.15, -0.1) is 24.0 Å². The summed E-state index contributed by atoms with van der Waals surface area (Å²) in [6.07, 6.45) is 2.70. The second-order valence-corrected chi connectivity index (χ2v) is 7.76. The predicted molar refractivity (Wildman–Crippen MR) is 131 cm³/mol. The molecule has 9 heteroatoms. The number of nitrogens with zero attached hydrogens (tertiary/aromatic N) is 2. The van der Waals surface area contributed by atoms with Crippen LogP contribution in [0.4, 0.5) is 5.69 Å². The number of guanidine groups is 1. The summed E-state index contributed by atoms with van der Waals surface area (Å²) in [5.41, 5.74) is 1.61. The van der Waals surface area contributed by atoms with Crippen molar-refractivity contribution in [1.82, 2.24) is 10.2 Å². The molecule has 30 heavy (non-hydrogen) atoms. The van der Waals surface area contributed by atoms with Gasteiger partial charge in [-0.1, -0.05) is 17.7 Å². The summed E-state index contributed by atoms with van der Waals surface area (Å²) >= 11 is 6.12. The molecule has 2 heterocycles. The number of anilines is 1. The normalized spacial score (nSPS) is 21.8. The van der Waals surface area contributed by atoms with Crippen molar-refractivity contribution in [3.63, 3.8) is 0 Å². The molecular formula is C21H32ClIN4O3. The minimum Gasteiger partial charge on any atom is -0.375 e. The summed E-state index contributed by atoms with van der Waals surface area (Å²) in [5, 5.41) is 6.89. The van der Waals surface area contributed by atoms with Gasteiger partial charge >= 0.3 is 0 Å². The standard InChI is InChI=1S/C21H31ClN4O3.HI/c1-3-23-21(26-11-13-29-19(14-26)18-8-5-12-28-18)24-10-9-20(27)25-17-7-4-6-16(22)15(17)2;/h4,6-7,18-19H,3,5,8-14H2,1-2H3,(H,23,24)(H,25,27);1H. The van der Waals surface area contributed by atoms with Crippen molar-refractivity contribution in [2.75, 3.05) is 44.7 Å². The molecule has 7 nitrogen and oxygen atoms in total. The Kier molecular flexibility index (Phi) is 10.6. The average Bonchev–Trinajstić information content (AvgIpc) is 3.26. The van der Waals surface area contributed by atoms with E-state index in [0.717, 1.165) is 56.3 Å². The SMILES string of the molecule is CCNC(=NCCC(=O)Nc1cccc(Cl)c1C)N1CCOC(C2CCCO2)C1.I. The van der Waals surface area contributed by atoms with Crippen molar-refractivity contribution in [3.8, 4) is 0 Å². The minimum atomic E-state index is -0.0748. The third-order valence-electron chi connectivity index (χ3n) is 5.25. The molecule has 2 aliphatic heterocycles. The molecule has 0 aromatic heterocycles. The summed E-state index contributed by atoms with van der Waals surface area (Å²) in [6.45, 7) is 8.13. The van der Waals surface area contributed by atoms with E-state index in [-0.39, 0.29) is 42.1 Å². The van der Waals surface area contributed by atoms with Crippen LogP contribution in [0.15, 0.2) is 23.2 Å². The van der Waals surface area contributed by atoms with Gasteiger partial charge in [0.25, 0.3) is 0 Å². The Balaban J connectivity index is 0.00000320. The maximum absolute atomic E-state index is 12.3. The lowest BCUT2D eigenvalue weighted by atomic mass is 10.1. The molecule has 0 spiro atoms. The Morgan fingerprint density at radius 2 is 2.10 bits per heavy atom. The van der Waals surface area contributed by atoms with E-state index in [4.69, 9.17) is 21.1 Å². The number of aliphatic imine (C=N–C) groups is 1. The summed E-state index contributed by atoms with van der Waals surface area (Å²) in [6, 6.07) is 5.49. The fraction of sp³-hybridized carbons (Fsp3) is 0.619. The van der Waals surface area contributed by atoms with Gasteiger partial charge in [-0.2, -0.15) is 0 Å². The molecule has 2 unspecified atom stereocenters. The van der Waals surface area contributed by atoms with E-state index >= 15 is 0 Å². The van der Waals surface area contributed by atoms with Crippen molar-refractivity contribution >= 4 is 53.1 Å². The maximum Gasteiger partial charge on any atom is 0.226 e. The quantitative estimate of drug-likeness (QED) is 0.323. The molecule has 2 saturated heterocycles. The van der Waals surface area contributed by atoms with Crippen LogP contribution in [-0.2, 0) is 14.3 Å². The Morgan fingerprint density at radius 3 is 2.83 bits per heavy atom. The van der Waals surface area contributed by atoms with Crippen LogP contribution in [0.3, 0.4) is 0 Å². The van der Waals surface area contributed by atoms with Gasteiger partial charge in [0.2, 0.25) is 5.91 Å². The number of hydrogen-bond acceptors (Lipinski definition) is 4. The fourth-order valence-electron chi connectivity index (χ4n) is 3.63. The Labute approximate surface area is 200 Å². The van der Waals surface area contributed by atoms with Gasteiger partial charge in [0, 0.05) is 43.4 Å². The van der Waals surface area contributed by atoms with Crippen LogP contribution < -0.4 is 10.6 Å². The van der Waals surface area contributed by atoms with Crippen molar-refractivity contribution in [3.05, 3.63) is 28.8 Å². The number of morpholine rings is 1. The molecule has 2 atom stereocenters. The molecule has 1 aromatic carbocycles. The summed E-state index contributed by atoms with van der Waals surface area (Å²) in [4.78, 5) is 19.2. The monoisotopic (exact) mass is 550 g/mol. The zero-order chi connectivity index (χ0) is 20.6. The van der Waals surface area contributed by atoms with Crippen molar-refractivity contribution < 1.29 is 14.3 Å². The fourth-order valence-corrected chi connectivity index (χ4v) is 3.81. The number of halogens is 2. The number of ether oxygens (including phenoxy) is 2. The molecule has 1 amide bonds. The Morgan fingerprint density at radius 1 is 1.30 bits per heavy atom. The zero-order valence-corrected chi connectivity index (χ0v) is 20.7. The number of amides is 1. The van der Waals surface area contributed by atoms with Crippen LogP contribution in [-0.4, -0.2) is 68.4 Å². The number of hydrogen-bond donors (Lipinski definition) is 2. The van der Waals surface area contributed by atoms with E-state index in [0.29, 0.717) is 24.6 Å². The Hall–Kier alpha value is -1.10. The van der Waals surface area contributed by atoms with Gasteiger partial charge in [-0.3, -0.25) is 9.79 Å². The van der Waals surface area contributed by atoms with E-state index in [1.807, 2.05) is 32.0 Å². The van der Waals surface area contributed by atoms with Crippen LogP contribution in [0, 0.1) is 6.92 Å². The molecule has 2 N–H and O–H groups in total. The summed E-state index contributed by atoms with van der Waals surface area (Å²) in [5.74, 6) is 0.750. The van der Waals surface area contributed by atoms with E-state index in [2.05, 4.69) is 20.5 Å². The van der Waals surface area contributed by atoms with Crippen molar-refractivity contribution in [2.45, 2.75) is 45.3 Å². The van der Waals surface area contributed by atoms with Gasteiger partial charge < -0.3 is 25.0 Å². The van der Waals surface area contributed by atoms with Gasteiger partial charge in [-0.05, 0) is 44.4 Å². The maximum atomic E-state index is 12.3. The van der Waals surface area contributed by atoms with Crippen molar-refractivity contribution in [1.29, 1.82) is 0 Å². The van der Waals surface area contributed by atoms with Gasteiger partial charge in [-0.25, -0.2) is 0 Å². The number of nitrogens with one attached hydrogen (secondary N) is 2.